The summed E-state index contributed by atoms with van der Waals surface area (Å²) in [5.41, 5.74) is 2.14. The van der Waals surface area contributed by atoms with Crippen LogP contribution in [0.15, 0.2) is 76.8 Å². The second-order valence-corrected chi connectivity index (χ2v) is 6.90. The first-order chi connectivity index (χ1) is 12.6. The molecule has 0 unspecified atom stereocenters. The Balaban J connectivity index is 1.83. The highest BCUT2D eigenvalue weighted by atomic mass is 32.2. The first-order valence-electron chi connectivity index (χ1n) is 8.14. The van der Waals surface area contributed by atoms with Gasteiger partial charge < -0.3 is 4.57 Å². The van der Waals surface area contributed by atoms with Crippen LogP contribution < -0.4 is 5.56 Å². The van der Waals surface area contributed by atoms with Gasteiger partial charge >= 0.3 is 0 Å². The number of thioether (sulfide) groups is 1. The lowest BCUT2D eigenvalue weighted by Gasteiger charge is -2.12. The largest absolute Gasteiger partial charge is 0.335 e. The zero-order valence-electron chi connectivity index (χ0n) is 14.1. The molecule has 2 aromatic heterocycles. The molecular formula is C20H16FN3OS. The summed E-state index contributed by atoms with van der Waals surface area (Å²) in [6, 6.07) is 17.7. The van der Waals surface area contributed by atoms with Gasteiger partial charge in [0.25, 0.3) is 5.56 Å². The maximum absolute atomic E-state index is 13.4. The van der Waals surface area contributed by atoms with Crippen molar-refractivity contribution in [1.82, 2.24) is 14.1 Å². The minimum Gasteiger partial charge on any atom is -0.335 e. The number of rotatable bonds is 4. The number of aromatic nitrogens is 3. The first kappa shape index (κ1) is 16.6. The van der Waals surface area contributed by atoms with Crippen molar-refractivity contribution >= 4 is 22.8 Å². The van der Waals surface area contributed by atoms with Crippen molar-refractivity contribution in [2.45, 2.75) is 10.9 Å². The predicted octanol–water partition coefficient (Wildman–Crippen LogP) is 4.16. The van der Waals surface area contributed by atoms with Crippen molar-refractivity contribution in [1.29, 1.82) is 0 Å². The monoisotopic (exact) mass is 365 g/mol. The summed E-state index contributed by atoms with van der Waals surface area (Å²) in [5.74, 6) is 0.252. The Kier molecular flexibility index (Phi) is 4.34. The van der Waals surface area contributed by atoms with Crippen LogP contribution in [0.2, 0.25) is 0 Å². The fourth-order valence-corrected chi connectivity index (χ4v) is 3.80. The summed E-state index contributed by atoms with van der Waals surface area (Å²) in [6.45, 7) is 0. The van der Waals surface area contributed by atoms with Crippen LogP contribution in [0.4, 0.5) is 4.39 Å². The third-order valence-corrected chi connectivity index (χ3v) is 5.15. The van der Waals surface area contributed by atoms with Crippen molar-refractivity contribution in [3.63, 3.8) is 0 Å². The summed E-state index contributed by atoms with van der Waals surface area (Å²) in [4.78, 5) is 17.8. The van der Waals surface area contributed by atoms with Crippen LogP contribution in [0.25, 0.3) is 16.7 Å². The molecule has 0 aliphatic heterocycles. The molecule has 0 saturated carbocycles. The first-order valence-corrected chi connectivity index (χ1v) is 9.13. The molecule has 0 spiro atoms. The van der Waals surface area contributed by atoms with Crippen molar-refractivity contribution in [2.75, 3.05) is 0 Å². The SMILES string of the molecule is Cn1ccc2c(=O)n(-c3ccccc3)c(SCc3cccc(F)c3)nc21. The molecule has 0 N–H and O–H groups in total. The Bertz CT molecular complexity index is 1130. The van der Waals surface area contributed by atoms with Gasteiger partial charge in [0.05, 0.1) is 11.1 Å². The van der Waals surface area contributed by atoms with Gasteiger partial charge in [0.1, 0.15) is 11.5 Å². The number of halogens is 1. The van der Waals surface area contributed by atoms with Gasteiger partial charge in [0.15, 0.2) is 5.16 Å². The molecule has 26 heavy (non-hydrogen) atoms. The van der Waals surface area contributed by atoms with E-state index in [1.165, 1.54) is 23.9 Å². The lowest BCUT2D eigenvalue weighted by atomic mass is 10.2. The molecule has 0 saturated heterocycles. The highest BCUT2D eigenvalue weighted by molar-refractivity contribution is 7.98. The number of aryl methyl sites for hydroxylation is 1. The molecule has 0 aliphatic carbocycles. The minimum absolute atomic E-state index is 0.108. The zero-order chi connectivity index (χ0) is 18.1. The van der Waals surface area contributed by atoms with E-state index in [-0.39, 0.29) is 11.4 Å². The predicted molar refractivity (Wildman–Crippen MR) is 102 cm³/mol. The van der Waals surface area contributed by atoms with E-state index in [0.717, 1.165) is 11.3 Å². The Hall–Kier alpha value is -2.86. The van der Waals surface area contributed by atoms with Crippen molar-refractivity contribution in [3.05, 3.63) is 88.6 Å². The molecule has 0 aliphatic rings. The van der Waals surface area contributed by atoms with Gasteiger partial charge in [-0.25, -0.2) is 9.37 Å². The third-order valence-electron chi connectivity index (χ3n) is 4.14. The summed E-state index contributed by atoms with van der Waals surface area (Å²) in [5, 5.41) is 1.16. The van der Waals surface area contributed by atoms with E-state index >= 15 is 0 Å². The number of fused-ring (bicyclic) bond motifs is 1. The quantitative estimate of drug-likeness (QED) is 0.403. The Morgan fingerprint density at radius 2 is 1.88 bits per heavy atom. The van der Waals surface area contributed by atoms with Crippen molar-refractivity contribution in [3.8, 4) is 5.69 Å². The fraction of sp³-hybridized carbons (Fsp3) is 0.100. The second-order valence-electron chi connectivity index (χ2n) is 5.95. The van der Waals surface area contributed by atoms with E-state index in [1.54, 1.807) is 16.7 Å². The molecule has 0 amide bonds. The summed E-state index contributed by atoms with van der Waals surface area (Å²) >= 11 is 1.42. The van der Waals surface area contributed by atoms with Crippen molar-refractivity contribution in [2.24, 2.45) is 7.05 Å². The van der Waals surface area contributed by atoms with Gasteiger partial charge in [-0.1, -0.05) is 42.1 Å². The smallest absolute Gasteiger partial charge is 0.268 e. The molecule has 4 aromatic rings. The minimum atomic E-state index is -0.269. The van der Waals surface area contributed by atoms with E-state index in [0.29, 0.717) is 21.9 Å². The number of para-hydroxylation sites is 1. The van der Waals surface area contributed by atoms with E-state index in [9.17, 15) is 9.18 Å². The molecule has 4 nitrogen and oxygen atoms in total. The topological polar surface area (TPSA) is 39.8 Å². The lowest BCUT2D eigenvalue weighted by molar-refractivity contribution is 0.626. The van der Waals surface area contributed by atoms with Gasteiger partial charge in [-0.2, -0.15) is 0 Å². The normalized spacial score (nSPS) is 11.2. The maximum Gasteiger partial charge on any atom is 0.268 e. The molecule has 0 fully saturated rings. The molecule has 0 bridgehead atoms. The average molecular weight is 365 g/mol. The Morgan fingerprint density at radius 3 is 2.65 bits per heavy atom. The molecular weight excluding hydrogens is 349 g/mol. The molecule has 0 radical (unpaired) electrons. The molecule has 6 heteroatoms. The van der Waals surface area contributed by atoms with Crippen LogP contribution in [0.5, 0.6) is 0 Å². The van der Waals surface area contributed by atoms with E-state index in [2.05, 4.69) is 0 Å². The number of benzene rings is 2. The standard InChI is InChI=1S/C20H16FN3OS/c1-23-11-10-17-18(23)22-20(26-13-14-6-5-7-15(21)12-14)24(19(17)25)16-8-3-2-4-9-16/h2-12H,13H2,1H3. The number of hydrogen-bond donors (Lipinski definition) is 0. The van der Waals surface area contributed by atoms with Crippen LogP contribution in [0.3, 0.4) is 0 Å². The average Bonchev–Trinajstić information content (AvgIpc) is 3.02. The lowest BCUT2D eigenvalue weighted by Crippen LogP contribution is -2.21. The van der Waals surface area contributed by atoms with Crippen LogP contribution in [-0.2, 0) is 12.8 Å². The van der Waals surface area contributed by atoms with E-state index in [1.807, 2.05) is 54.2 Å². The van der Waals surface area contributed by atoms with Gasteiger partial charge in [-0.3, -0.25) is 9.36 Å². The molecule has 2 heterocycles. The molecule has 2 aromatic carbocycles. The number of hydrogen-bond acceptors (Lipinski definition) is 3. The van der Waals surface area contributed by atoms with E-state index < -0.39 is 0 Å². The summed E-state index contributed by atoms with van der Waals surface area (Å²) in [6.07, 6.45) is 1.83. The van der Waals surface area contributed by atoms with Crippen LogP contribution in [0, 0.1) is 5.82 Å². The highest BCUT2D eigenvalue weighted by Gasteiger charge is 2.15. The van der Waals surface area contributed by atoms with Gasteiger partial charge in [-0.05, 0) is 35.9 Å². The van der Waals surface area contributed by atoms with Gasteiger partial charge in [-0.15, -0.1) is 0 Å². The summed E-state index contributed by atoms with van der Waals surface area (Å²) in [7, 11) is 1.86. The van der Waals surface area contributed by atoms with E-state index in [4.69, 9.17) is 4.98 Å². The van der Waals surface area contributed by atoms with Crippen molar-refractivity contribution < 1.29 is 4.39 Å². The molecule has 130 valence electrons. The third kappa shape index (κ3) is 3.04. The molecule has 4 rings (SSSR count). The zero-order valence-corrected chi connectivity index (χ0v) is 14.9. The Morgan fingerprint density at radius 1 is 1.08 bits per heavy atom. The molecule has 0 atom stereocenters. The second kappa shape index (κ2) is 6.80. The van der Waals surface area contributed by atoms with Crippen LogP contribution in [0.1, 0.15) is 5.56 Å². The van der Waals surface area contributed by atoms with Crippen LogP contribution in [-0.4, -0.2) is 14.1 Å². The fourth-order valence-electron chi connectivity index (χ4n) is 2.85. The van der Waals surface area contributed by atoms with Crippen LogP contribution >= 0.6 is 11.8 Å². The number of nitrogens with zero attached hydrogens (tertiary/aromatic N) is 3. The highest BCUT2D eigenvalue weighted by Crippen LogP contribution is 2.25. The maximum atomic E-state index is 13.4. The summed E-state index contributed by atoms with van der Waals surface area (Å²) < 4.78 is 16.9. The van der Waals surface area contributed by atoms with Gasteiger partial charge in [0, 0.05) is 19.0 Å². The van der Waals surface area contributed by atoms with Gasteiger partial charge in [0.2, 0.25) is 0 Å². The Labute approximate surface area is 153 Å².